The monoisotopic (exact) mass is 267 g/mol. The zero-order chi connectivity index (χ0) is 14.3. The Morgan fingerprint density at radius 1 is 1.16 bits per heavy atom. The summed E-state index contributed by atoms with van der Waals surface area (Å²) >= 11 is 0. The Morgan fingerprint density at radius 2 is 1.74 bits per heavy atom. The highest BCUT2D eigenvalue weighted by molar-refractivity contribution is 5.53. The quantitative estimate of drug-likeness (QED) is 0.735. The summed E-state index contributed by atoms with van der Waals surface area (Å²) < 4.78 is 16.5. The van der Waals surface area contributed by atoms with Crippen LogP contribution in [0.3, 0.4) is 0 Å². The molecule has 1 rings (SSSR count). The molecular formula is C15H25NO3. The summed E-state index contributed by atoms with van der Waals surface area (Å²) in [5.41, 5.74) is 1.08. The molecule has 0 radical (unpaired) electrons. The van der Waals surface area contributed by atoms with E-state index in [1.807, 2.05) is 19.1 Å². The summed E-state index contributed by atoms with van der Waals surface area (Å²) in [5.74, 6) is 2.09. The van der Waals surface area contributed by atoms with E-state index >= 15 is 0 Å². The number of methoxy groups -OCH3 is 2. The van der Waals surface area contributed by atoms with Crippen LogP contribution in [0.15, 0.2) is 12.1 Å². The molecule has 0 amide bonds. The SMILES string of the molecule is CCC(C)NCCOc1c(OC)cc(C)cc1OC. The van der Waals surface area contributed by atoms with Crippen molar-refractivity contribution < 1.29 is 14.2 Å². The summed E-state index contributed by atoms with van der Waals surface area (Å²) in [6.45, 7) is 7.70. The van der Waals surface area contributed by atoms with Gasteiger partial charge in [0.2, 0.25) is 5.75 Å². The van der Waals surface area contributed by atoms with Crippen LogP contribution in [-0.4, -0.2) is 33.4 Å². The average Bonchev–Trinajstić information content (AvgIpc) is 2.43. The molecule has 1 aromatic rings. The molecule has 0 aromatic heterocycles. The summed E-state index contributed by atoms with van der Waals surface area (Å²) in [6.07, 6.45) is 1.11. The summed E-state index contributed by atoms with van der Waals surface area (Å²) in [6, 6.07) is 4.39. The Kier molecular flexibility index (Phi) is 6.50. The number of hydrogen-bond donors (Lipinski definition) is 1. The number of ether oxygens (including phenoxy) is 3. The Hall–Kier alpha value is -1.42. The number of aryl methyl sites for hydroxylation is 1. The lowest BCUT2D eigenvalue weighted by Gasteiger charge is -2.16. The second-order valence-corrected chi connectivity index (χ2v) is 4.61. The maximum atomic E-state index is 5.79. The van der Waals surface area contributed by atoms with Crippen molar-refractivity contribution in [1.82, 2.24) is 5.32 Å². The molecule has 1 aromatic carbocycles. The van der Waals surface area contributed by atoms with E-state index in [9.17, 15) is 0 Å². The highest BCUT2D eigenvalue weighted by Gasteiger charge is 2.12. The number of nitrogens with one attached hydrogen (secondary N) is 1. The molecule has 0 aliphatic heterocycles. The van der Waals surface area contributed by atoms with E-state index in [1.165, 1.54) is 0 Å². The van der Waals surface area contributed by atoms with Crippen LogP contribution in [0.5, 0.6) is 17.2 Å². The summed E-state index contributed by atoms with van der Waals surface area (Å²) in [7, 11) is 3.27. The third-order valence-electron chi connectivity index (χ3n) is 3.06. The third kappa shape index (κ3) is 4.63. The maximum absolute atomic E-state index is 5.79. The van der Waals surface area contributed by atoms with Gasteiger partial charge in [-0.3, -0.25) is 0 Å². The highest BCUT2D eigenvalue weighted by atomic mass is 16.5. The predicted octanol–water partition coefficient (Wildman–Crippen LogP) is 2.78. The molecule has 0 aliphatic carbocycles. The Bertz CT molecular complexity index is 368. The van der Waals surface area contributed by atoms with Crippen molar-refractivity contribution in [3.8, 4) is 17.2 Å². The Labute approximate surface area is 116 Å². The molecule has 108 valence electrons. The molecule has 1 N–H and O–H groups in total. The lowest BCUT2D eigenvalue weighted by Crippen LogP contribution is -2.29. The molecule has 1 atom stereocenters. The molecule has 4 nitrogen and oxygen atoms in total. The fourth-order valence-corrected chi connectivity index (χ4v) is 1.76. The molecule has 0 saturated carbocycles. The van der Waals surface area contributed by atoms with Crippen LogP contribution in [0.2, 0.25) is 0 Å². The second-order valence-electron chi connectivity index (χ2n) is 4.61. The molecule has 0 fully saturated rings. The van der Waals surface area contributed by atoms with E-state index in [0.717, 1.165) is 18.5 Å². The van der Waals surface area contributed by atoms with E-state index in [1.54, 1.807) is 14.2 Å². The van der Waals surface area contributed by atoms with Gasteiger partial charge in [0.15, 0.2) is 11.5 Å². The molecule has 1 unspecified atom stereocenters. The lowest BCUT2D eigenvalue weighted by atomic mass is 10.2. The highest BCUT2D eigenvalue weighted by Crippen LogP contribution is 2.38. The van der Waals surface area contributed by atoms with E-state index in [2.05, 4.69) is 19.2 Å². The molecular weight excluding hydrogens is 242 g/mol. The van der Waals surface area contributed by atoms with Gasteiger partial charge in [-0.25, -0.2) is 0 Å². The number of hydrogen-bond acceptors (Lipinski definition) is 4. The minimum absolute atomic E-state index is 0.505. The zero-order valence-electron chi connectivity index (χ0n) is 12.6. The van der Waals surface area contributed by atoms with Crippen molar-refractivity contribution in [3.63, 3.8) is 0 Å². The first-order chi connectivity index (χ1) is 9.12. The summed E-state index contributed by atoms with van der Waals surface area (Å²) in [5, 5.41) is 3.38. The van der Waals surface area contributed by atoms with Crippen LogP contribution >= 0.6 is 0 Å². The Morgan fingerprint density at radius 3 is 2.21 bits per heavy atom. The van der Waals surface area contributed by atoms with Gasteiger partial charge in [-0.1, -0.05) is 6.92 Å². The van der Waals surface area contributed by atoms with Crippen LogP contribution in [0.1, 0.15) is 25.8 Å². The molecule has 0 spiro atoms. The van der Waals surface area contributed by atoms with Crippen molar-refractivity contribution in [2.75, 3.05) is 27.4 Å². The van der Waals surface area contributed by atoms with Crippen molar-refractivity contribution in [1.29, 1.82) is 0 Å². The van der Waals surface area contributed by atoms with Crippen molar-refractivity contribution >= 4 is 0 Å². The van der Waals surface area contributed by atoms with Crippen molar-refractivity contribution in [3.05, 3.63) is 17.7 Å². The number of rotatable bonds is 8. The minimum Gasteiger partial charge on any atom is -0.493 e. The smallest absolute Gasteiger partial charge is 0.203 e. The second kappa shape index (κ2) is 7.89. The number of benzene rings is 1. The average molecular weight is 267 g/mol. The largest absolute Gasteiger partial charge is 0.493 e. The van der Waals surface area contributed by atoms with Gasteiger partial charge in [0.1, 0.15) is 6.61 Å². The van der Waals surface area contributed by atoms with E-state index in [4.69, 9.17) is 14.2 Å². The molecule has 0 heterocycles. The summed E-state index contributed by atoms with van der Waals surface area (Å²) in [4.78, 5) is 0. The van der Waals surface area contributed by atoms with E-state index in [-0.39, 0.29) is 0 Å². The molecule has 19 heavy (non-hydrogen) atoms. The molecule has 0 aliphatic rings. The standard InChI is InChI=1S/C15H25NO3/c1-6-12(3)16-7-8-19-15-13(17-4)9-11(2)10-14(15)18-5/h9-10,12,16H,6-8H2,1-5H3. The molecule has 0 bridgehead atoms. The fraction of sp³-hybridized carbons (Fsp3) is 0.600. The van der Waals surface area contributed by atoms with Crippen LogP contribution in [0, 0.1) is 6.92 Å². The normalized spacial score (nSPS) is 12.1. The van der Waals surface area contributed by atoms with Crippen LogP contribution in [-0.2, 0) is 0 Å². The van der Waals surface area contributed by atoms with E-state index < -0.39 is 0 Å². The predicted molar refractivity (Wildman–Crippen MR) is 77.5 cm³/mol. The lowest BCUT2D eigenvalue weighted by molar-refractivity contribution is 0.269. The zero-order valence-corrected chi connectivity index (χ0v) is 12.6. The fourth-order valence-electron chi connectivity index (χ4n) is 1.76. The maximum Gasteiger partial charge on any atom is 0.203 e. The first-order valence-corrected chi connectivity index (χ1v) is 6.71. The third-order valence-corrected chi connectivity index (χ3v) is 3.06. The van der Waals surface area contributed by atoms with Gasteiger partial charge in [0.05, 0.1) is 14.2 Å². The van der Waals surface area contributed by atoms with Crippen molar-refractivity contribution in [2.24, 2.45) is 0 Å². The van der Waals surface area contributed by atoms with Gasteiger partial charge in [-0.2, -0.15) is 0 Å². The van der Waals surface area contributed by atoms with Crippen molar-refractivity contribution in [2.45, 2.75) is 33.2 Å². The van der Waals surface area contributed by atoms with Crippen LogP contribution in [0.25, 0.3) is 0 Å². The van der Waals surface area contributed by atoms with Gasteiger partial charge < -0.3 is 19.5 Å². The minimum atomic E-state index is 0.505. The van der Waals surface area contributed by atoms with Crippen LogP contribution in [0.4, 0.5) is 0 Å². The van der Waals surface area contributed by atoms with Gasteiger partial charge in [-0.15, -0.1) is 0 Å². The van der Waals surface area contributed by atoms with E-state index in [0.29, 0.717) is 29.9 Å². The molecule has 0 saturated heterocycles. The Balaban J connectivity index is 2.66. The first kappa shape index (κ1) is 15.6. The topological polar surface area (TPSA) is 39.7 Å². The van der Waals surface area contributed by atoms with Crippen LogP contribution < -0.4 is 19.5 Å². The first-order valence-electron chi connectivity index (χ1n) is 6.71. The van der Waals surface area contributed by atoms with Gasteiger partial charge >= 0.3 is 0 Å². The van der Waals surface area contributed by atoms with Gasteiger partial charge in [-0.05, 0) is 38.0 Å². The van der Waals surface area contributed by atoms with Gasteiger partial charge in [0, 0.05) is 12.6 Å². The van der Waals surface area contributed by atoms with Gasteiger partial charge in [0.25, 0.3) is 0 Å². The molecule has 4 heteroatoms.